The van der Waals surface area contributed by atoms with Crippen molar-refractivity contribution in [3.05, 3.63) is 24.5 Å². The molecule has 0 saturated carbocycles. The molecule has 0 amide bonds. The molecule has 7 nitrogen and oxygen atoms in total. The Morgan fingerprint density at radius 1 is 1.35 bits per heavy atom. The van der Waals surface area contributed by atoms with E-state index in [-0.39, 0.29) is 4.90 Å². The number of nitrogens with one attached hydrogen (secondary N) is 3. The average Bonchev–Trinajstić information content (AvgIpc) is 2.87. The molecule has 0 aliphatic carbocycles. The maximum absolute atomic E-state index is 12.2. The number of fused-ring (bicyclic) bond motifs is 1. The van der Waals surface area contributed by atoms with Crippen molar-refractivity contribution in [2.75, 3.05) is 33.4 Å². The Kier molecular flexibility index (Phi) is 5.07. The van der Waals surface area contributed by atoms with Gasteiger partial charge in [-0.05, 0) is 12.1 Å². The second-order valence-corrected chi connectivity index (χ2v) is 5.93. The average molecular weight is 298 g/mol. The standard InChI is InChI=1S/C12H18N4O3S/c1-19-8-7-13-5-6-16-20(17,18)11-9-15-12-10(11)3-2-4-14-12/h2-4,9,13,16H,5-8H2,1H3,(H,14,15). The van der Waals surface area contributed by atoms with Crippen molar-refractivity contribution in [3.8, 4) is 0 Å². The van der Waals surface area contributed by atoms with Gasteiger partial charge in [0.1, 0.15) is 10.5 Å². The minimum Gasteiger partial charge on any atom is -0.383 e. The van der Waals surface area contributed by atoms with Gasteiger partial charge in [-0.15, -0.1) is 0 Å². The molecule has 110 valence electrons. The fourth-order valence-corrected chi connectivity index (χ4v) is 3.00. The summed E-state index contributed by atoms with van der Waals surface area (Å²) in [6.07, 6.45) is 3.07. The molecule has 0 fully saturated rings. The molecule has 8 heteroatoms. The maximum atomic E-state index is 12.2. The highest BCUT2D eigenvalue weighted by Gasteiger charge is 2.18. The van der Waals surface area contributed by atoms with Crippen molar-refractivity contribution in [1.29, 1.82) is 0 Å². The molecule has 20 heavy (non-hydrogen) atoms. The van der Waals surface area contributed by atoms with Gasteiger partial charge in [0.05, 0.1) is 6.61 Å². The fraction of sp³-hybridized carbons (Fsp3) is 0.417. The van der Waals surface area contributed by atoms with E-state index in [1.165, 1.54) is 6.20 Å². The first kappa shape index (κ1) is 14.9. The second kappa shape index (κ2) is 6.80. The molecule has 0 saturated heterocycles. The quantitative estimate of drug-likeness (QED) is 0.600. The van der Waals surface area contributed by atoms with Crippen molar-refractivity contribution in [2.24, 2.45) is 0 Å². The Labute approximate surface area is 117 Å². The number of aromatic nitrogens is 2. The predicted molar refractivity (Wildman–Crippen MR) is 76.0 cm³/mol. The van der Waals surface area contributed by atoms with Crippen molar-refractivity contribution in [1.82, 2.24) is 20.0 Å². The molecule has 3 N–H and O–H groups in total. The van der Waals surface area contributed by atoms with Gasteiger partial charge in [-0.25, -0.2) is 18.1 Å². The molecule has 0 bridgehead atoms. The van der Waals surface area contributed by atoms with E-state index in [0.29, 0.717) is 37.3 Å². The van der Waals surface area contributed by atoms with Crippen molar-refractivity contribution in [2.45, 2.75) is 4.90 Å². The lowest BCUT2D eigenvalue weighted by atomic mass is 10.3. The molecular weight excluding hydrogens is 280 g/mol. The summed E-state index contributed by atoms with van der Waals surface area (Å²) in [6.45, 7) is 2.15. The minimum absolute atomic E-state index is 0.220. The predicted octanol–water partition coefficient (Wildman–Crippen LogP) is 0.0772. The van der Waals surface area contributed by atoms with E-state index in [4.69, 9.17) is 4.74 Å². The number of rotatable bonds is 8. The Bertz CT molecular complexity index is 654. The summed E-state index contributed by atoms with van der Waals surface area (Å²) in [5.41, 5.74) is 0.561. The van der Waals surface area contributed by atoms with Crippen LogP contribution >= 0.6 is 0 Å². The summed E-state index contributed by atoms with van der Waals surface area (Å²) in [4.78, 5) is 7.14. The van der Waals surface area contributed by atoms with Crippen LogP contribution in [0, 0.1) is 0 Å². The third-order valence-corrected chi connectivity index (χ3v) is 4.28. The molecule has 0 spiro atoms. The van der Waals surface area contributed by atoms with E-state index in [1.54, 1.807) is 25.4 Å². The summed E-state index contributed by atoms with van der Waals surface area (Å²) in [6, 6.07) is 3.44. The van der Waals surface area contributed by atoms with Gasteiger partial charge in [0.25, 0.3) is 0 Å². The number of sulfonamides is 1. The molecule has 2 rings (SSSR count). The zero-order chi connectivity index (χ0) is 14.4. The lowest BCUT2D eigenvalue weighted by molar-refractivity contribution is 0.199. The van der Waals surface area contributed by atoms with Gasteiger partial charge >= 0.3 is 0 Å². The highest BCUT2D eigenvalue weighted by atomic mass is 32.2. The highest BCUT2D eigenvalue weighted by Crippen LogP contribution is 2.20. The van der Waals surface area contributed by atoms with Crippen LogP contribution in [-0.2, 0) is 14.8 Å². The molecule has 0 aromatic carbocycles. The third kappa shape index (κ3) is 3.54. The van der Waals surface area contributed by atoms with Gasteiger partial charge in [0.2, 0.25) is 10.0 Å². The Balaban J connectivity index is 1.97. The minimum atomic E-state index is -3.53. The van der Waals surface area contributed by atoms with Gasteiger partial charge in [0.15, 0.2) is 0 Å². The number of ether oxygens (including phenoxy) is 1. The van der Waals surface area contributed by atoms with Crippen LogP contribution in [-0.4, -0.2) is 51.7 Å². The number of H-pyrrole nitrogens is 1. The van der Waals surface area contributed by atoms with Crippen molar-refractivity contribution < 1.29 is 13.2 Å². The van der Waals surface area contributed by atoms with E-state index in [9.17, 15) is 8.42 Å². The van der Waals surface area contributed by atoms with Crippen LogP contribution in [0.25, 0.3) is 11.0 Å². The van der Waals surface area contributed by atoms with Crippen LogP contribution in [0.15, 0.2) is 29.4 Å². The molecule has 0 aliphatic heterocycles. The maximum Gasteiger partial charge on any atom is 0.242 e. The summed E-state index contributed by atoms with van der Waals surface area (Å²) in [7, 11) is -1.91. The Morgan fingerprint density at radius 2 is 2.20 bits per heavy atom. The first-order valence-electron chi connectivity index (χ1n) is 6.26. The van der Waals surface area contributed by atoms with Crippen LogP contribution < -0.4 is 10.0 Å². The van der Waals surface area contributed by atoms with E-state index in [2.05, 4.69) is 20.0 Å². The normalized spacial score (nSPS) is 12.1. The third-order valence-electron chi connectivity index (χ3n) is 2.78. The molecule has 0 radical (unpaired) electrons. The van der Waals surface area contributed by atoms with Gasteiger partial charge in [-0.3, -0.25) is 0 Å². The molecular formula is C12H18N4O3S. The first-order chi connectivity index (χ1) is 9.65. The molecule has 0 atom stereocenters. The summed E-state index contributed by atoms with van der Waals surface area (Å²) in [5, 5.41) is 3.66. The summed E-state index contributed by atoms with van der Waals surface area (Å²) >= 11 is 0. The monoisotopic (exact) mass is 298 g/mol. The van der Waals surface area contributed by atoms with Gasteiger partial charge in [-0.1, -0.05) is 0 Å². The van der Waals surface area contributed by atoms with Gasteiger partial charge in [0, 0.05) is 44.5 Å². The number of nitrogens with zero attached hydrogens (tertiary/aromatic N) is 1. The number of hydrogen-bond acceptors (Lipinski definition) is 5. The fourth-order valence-electron chi connectivity index (χ4n) is 1.80. The lowest BCUT2D eigenvalue weighted by Crippen LogP contribution is -2.33. The van der Waals surface area contributed by atoms with Crippen LogP contribution in [0.5, 0.6) is 0 Å². The molecule has 2 heterocycles. The molecule has 0 unspecified atom stereocenters. The van der Waals surface area contributed by atoms with Crippen LogP contribution in [0.2, 0.25) is 0 Å². The first-order valence-corrected chi connectivity index (χ1v) is 7.75. The van der Waals surface area contributed by atoms with Crippen LogP contribution in [0.3, 0.4) is 0 Å². The molecule has 2 aromatic rings. The zero-order valence-corrected chi connectivity index (χ0v) is 12.0. The summed E-state index contributed by atoms with van der Waals surface area (Å²) in [5.74, 6) is 0. The molecule has 2 aromatic heterocycles. The number of aromatic amines is 1. The Hall–Kier alpha value is -1.48. The molecule has 0 aliphatic rings. The largest absolute Gasteiger partial charge is 0.383 e. The topological polar surface area (TPSA) is 96.1 Å². The number of hydrogen-bond donors (Lipinski definition) is 3. The number of pyridine rings is 1. The second-order valence-electron chi connectivity index (χ2n) is 4.19. The van der Waals surface area contributed by atoms with Crippen molar-refractivity contribution >= 4 is 21.1 Å². The summed E-state index contributed by atoms with van der Waals surface area (Å²) < 4.78 is 31.8. The highest BCUT2D eigenvalue weighted by molar-refractivity contribution is 7.89. The van der Waals surface area contributed by atoms with Crippen molar-refractivity contribution in [3.63, 3.8) is 0 Å². The van der Waals surface area contributed by atoms with E-state index in [0.717, 1.165) is 0 Å². The smallest absolute Gasteiger partial charge is 0.242 e. The van der Waals surface area contributed by atoms with Crippen LogP contribution in [0.1, 0.15) is 0 Å². The lowest BCUT2D eigenvalue weighted by Gasteiger charge is -2.06. The van der Waals surface area contributed by atoms with E-state index in [1.807, 2.05) is 0 Å². The zero-order valence-electron chi connectivity index (χ0n) is 11.2. The van der Waals surface area contributed by atoms with Gasteiger partial charge < -0.3 is 15.0 Å². The SMILES string of the molecule is COCCNCCNS(=O)(=O)c1c[nH]c2ncccc12. The van der Waals surface area contributed by atoms with E-state index >= 15 is 0 Å². The Morgan fingerprint density at radius 3 is 3.00 bits per heavy atom. The van der Waals surface area contributed by atoms with Gasteiger partial charge in [-0.2, -0.15) is 0 Å². The number of methoxy groups -OCH3 is 1. The van der Waals surface area contributed by atoms with E-state index < -0.39 is 10.0 Å². The van der Waals surface area contributed by atoms with Crippen LogP contribution in [0.4, 0.5) is 0 Å².